The van der Waals surface area contributed by atoms with Gasteiger partial charge in [-0.25, -0.2) is 4.79 Å². The van der Waals surface area contributed by atoms with Gasteiger partial charge in [0.05, 0.1) is 16.7 Å². The Labute approximate surface area is 158 Å². The average molecular weight is 383 g/mol. The fourth-order valence-corrected chi connectivity index (χ4v) is 3.33. The molecule has 1 atom stereocenters. The molecule has 0 spiro atoms. The van der Waals surface area contributed by atoms with Crippen molar-refractivity contribution in [2.45, 2.75) is 13.0 Å². The van der Waals surface area contributed by atoms with E-state index >= 15 is 0 Å². The summed E-state index contributed by atoms with van der Waals surface area (Å²) in [5, 5.41) is 13.4. The summed E-state index contributed by atoms with van der Waals surface area (Å²) < 4.78 is 4.92. The summed E-state index contributed by atoms with van der Waals surface area (Å²) in [5.74, 6) is -2.67. The zero-order valence-electron chi connectivity index (χ0n) is 14.1. The number of nitrogens with zero attached hydrogens (tertiary/aromatic N) is 2. The second-order valence-corrected chi connectivity index (χ2v) is 6.55. The highest BCUT2D eigenvalue weighted by molar-refractivity contribution is 7.14. The molecular formula is C18H13N3O5S. The number of rotatable bonds is 5. The number of benzene rings is 1. The van der Waals surface area contributed by atoms with Gasteiger partial charge in [-0.05, 0) is 30.5 Å². The smallest absolute Gasteiger partial charge is 0.329 e. The van der Waals surface area contributed by atoms with Gasteiger partial charge in [0.1, 0.15) is 17.1 Å². The van der Waals surface area contributed by atoms with Crippen LogP contribution < -0.4 is 5.32 Å². The molecule has 2 heterocycles. The van der Waals surface area contributed by atoms with Crippen molar-refractivity contribution in [2.75, 3.05) is 11.9 Å². The van der Waals surface area contributed by atoms with E-state index in [0.29, 0.717) is 10.6 Å². The van der Waals surface area contributed by atoms with Crippen LogP contribution >= 0.6 is 11.3 Å². The number of anilines is 1. The number of carbonyl (C=O) groups is 4. The number of ether oxygens (including phenoxy) is 1. The highest BCUT2D eigenvalue weighted by atomic mass is 32.1. The van der Waals surface area contributed by atoms with Gasteiger partial charge < -0.3 is 10.1 Å². The fourth-order valence-electron chi connectivity index (χ4n) is 2.58. The number of amides is 3. The van der Waals surface area contributed by atoms with E-state index in [1.807, 2.05) is 6.07 Å². The maximum absolute atomic E-state index is 12.4. The number of hydrogen-bond acceptors (Lipinski definition) is 7. The Kier molecular flexibility index (Phi) is 5.00. The highest BCUT2D eigenvalue weighted by Crippen LogP contribution is 2.25. The summed E-state index contributed by atoms with van der Waals surface area (Å²) in [6, 6.07) is 8.57. The van der Waals surface area contributed by atoms with E-state index in [2.05, 4.69) is 5.32 Å². The van der Waals surface area contributed by atoms with Crippen LogP contribution in [0.15, 0.2) is 35.7 Å². The molecule has 0 saturated heterocycles. The largest absolute Gasteiger partial charge is 0.454 e. The van der Waals surface area contributed by atoms with Gasteiger partial charge in [-0.1, -0.05) is 12.1 Å². The van der Waals surface area contributed by atoms with Crippen molar-refractivity contribution in [3.05, 3.63) is 52.4 Å². The van der Waals surface area contributed by atoms with E-state index in [-0.39, 0.29) is 11.1 Å². The van der Waals surface area contributed by atoms with Crippen molar-refractivity contribution in [2.24, 2.45) is 0 Å². The molecule has 9 heteroatoms. The normalized spacial score (nSPS) is 13.7. The third-order valence-corrected chi connectivity index (χ3v) is 4.77. The molecule has 1 aliphatic rings. The molecule has 3 amide bonds. The van der Waals surface area contributed by atoms with Crippen LogP contribution in [-0.4, -0.2) is 41.2 Å². The molecule has 1 aromatic carbocycles. The first-order valence-corrected chi connectivity index (χ1v) is 8.73. The molecule has 27 heavy (non-hydrogen) atoms. The van der Waals surface area contributed by atoms with Crippen molar-refractivity contribution in [3.8, 4) is 6.07 Å². The zero-order chi connectivity index (χ0) is 19.6. The molecule has 0 fully saturated rings. The van der Waals surface area contributed by atoms with Gasteiger partial charge in [-0.2, -0.15) is 5.26 Å². The maximum atomic E-state index is 12.4. The van der Waals surface area contributed by atoms with E-state index in [0.717, 1.165) is 16.2 Å². The van der Waals surface area contributed by atoms with E-state index in [9.17, 15) is 19.2 Å². The van der Waals surface area contributed by atoms with Crippen molar-refractivity contribution in [1.82, 2.24) is 4.90 Å². The Bertz CT molecular complexity index is 956. The molecule has 0 saturated carbocycles. The summed E-state index contributed by atoms with van der Waals surface area (Å²) >= 11 is 1.16. The molecule has 2 aromatic rings. The molecule has 0 aliphatic carbocycles. The first kappa shape index (κ1) is 18.3. The molecule has 0 bridgehead atoms. The van der Waals surface area contributed by atoms with Crippen molar-refractivity contribution < 1.29 is 23.9 Å². The molecule has 1 aromatic heterocycles. The number of hydrogen-bond donors (Lipinski definition) is 1. The Morgan fingerprint density at radius 2 is 1.85 bits per heavy atom. The van der Waals surface area contributed by atoms with E-state index in [4.69, 9.17) is 10.00 Å². The molecule has 0 unspecified atom stereocenters. The molecule has 136 valence electrons. The third-order valence-electron chi connectivity index (χ3n) is 3.94. The third kappa shape index (κ3) is 3.43. The SMILES string of the molecule is C[C@@H](C(=O)OCC(=O)Nc1sccc1C#N)N1C(=O)c2ccccc2C1=O. The van der Waals surface area contributed by atoms with Gasteiger partial charge in [0.2, 0.25) is 0 Å². The number of nitriles is 1. The Hall–Kier alpha value is -3.51. The Morgan fingerprint density at radius 3 is 2.44 bits per heavy atom. The van der Waals surface area contributed by atoms with Gasteiger partial charge in [-0.3, -0.25) is 19.3 Å². The van der Waals surface area contributed by atoms with Gasteiger partial charge in [-0.15, -0.1) is 11.3 Å². The number of carbonyl (C=O) groups excluding carboxylic acids is 4. The van der Waals surface area contributed by atoms with Crippen LogP contribution in [0.25, 0.3) is 0 Å². The Morgan fingerprint density at radius 1 is 1.22 bits per heavy atom. The Balaban J connectivity index is 1.60. The van der Waals surface area contributed by atoms with Crippen LogP contribution in [0.4, 0.5) is 5.00 Å². The second kappa shape index (κ2) is 7.39. The summed E-state index contributed by atoms with van der Waals surface area (Å²) in [5.41, 5.74) is 0.752. The van der Waals surface area contributed by atoms with E-state index in [1.54, 1.807) is 23.6 Å². The molecule has 8 nitrogen and oxygen atoms in total. The monoisotopic (exact) mass is 383 g/mol. The highest BCUT2D eigenvalue weighted by Gasteiger charge is 2.41. The minimum absolute atomic E-state index is 0.224. The lowest BCUT2D eigenvalue weighted by molar-refractivity contribution is -0.150. The van der Waals surface area contributed by atoms with Crippen LogP contribution in [0.5, 0.6) is 0 Å². The van der Waals surface area contributed by atoms with Crippen molar-refractivity contribution in [1.29, 1.82) is 5.26 Å². The lowest BCUT2D eigenvalue weighted by Gasteiger charge is -2.20. The van der Waals surface area contributed by atoms with Crippen LogP contribution in [-0.2, 0) is 14.3 Å². The van der Waals surface area contributed by atoms with Crippen molar-refractivity contribution in [3.63, 3.8) is 0 Å². The summed E-state index contributed by atoms with van der Waals surface area (Å²) in [7, 11) is 0. The predicted octanol–water partition coefficient (Wildman–Crippen LogP) is 1.79. The number of fused-ring (bicyclic) bond motifs is 1. The quantitative estimate of drug-likeness (QED) is 0.621. The summed E-state index contributed by atoms with van der Waals surface area (Å²) in [4.78, 5) is 49.6. The first-order valence-electron chi connectivity index (χ1n) is 7.85. The van der Waals surface area contributed by atoms with Crippen LogP contribution in [0.2, 0.25) is 0 Å². The number of imide groups is 1. The fraction of sp³-hybridized carbons (Fsp3) is 0.167. The van der Waals surface area contributed by atoms with Crippen molar-refractivity contribution >= 4 is 40.0 Å². The molecule has 0 radical (unpaired) electrons. The number of nitrogens with one attached hydrogen (secondary N) is 1. The average Bonchev–Trinajstić information content (AvgIpc) is 3.22. The lowest BCUT2D eigenvalue weighted by Crippen LogP contribution is -2.44. The van der Waals surface area contributed by atoms with Gasteiger partial charge >= 0.3 is 5.97 Å². The van der Waals surface area contributed by atoms with Gasteiger partial charge in [0.25, 0.3) is 17.7 Å². The second-order valence-electron chi connectivity index (χ2n) is 5.63. The number of esters is 1. The van der Waals surface area contributed by atoms with Gasteiger partial charge in [0.15, 0.2) is 6.61 Å². The molecular weight excluding hydrogens is 370 g/mol. The molecule has 1 aliphatic heterocycles. The van der Waals surface area contributed by atoms with E-state index < -0.39 is 36.3 Å². The molecule has 3 rings (SSSR count). The minimum atomic E-state index is -1.18. The first-order chi connectivity index (χ1) is 12.9. The topological polar surface area (TPSA) is 117 Å². The minimum Gasteiger partial charge on any atom is -0.454 e. The number of thiophene rings is 1. The zero-order valence-corrected chi connectivity index (χ0v) is 14.9. The van der Waals surface area contributed by atoms with Crippen LogP contribution in [0.1, 0.15) is 33.2 Å². The van der Waals surface area contributed by atoms with Gasteiger partial charge in [0, 0.05) is 0 Å². The standard InChI is InChI=1S/C18H13N3O5S/c1-10(21-16(23)12-4-2-3-5-13(12)17(21)24)18(25)26-9-14(22)20-15-11(8-19)6-7-27-15/h2-7,10H,9H2,1H3,(H,20,22)/t10-/m0/s1. The van der Waals surface area contributed by atoms with Crippen LogP contribution in [0.3, 0.4) is 0 Å². The maximum Gasteiger partial charge on any atom is 0.329 e. The predicted molar refractivity (Wildman–Crippen MR) is 95.0 cm³/mol. The summed E-state index contributed by atoms with van der Waals surface area (Å²) in [6.45, 7) is 0.754. The molecule has 1 N–H and O–H groups in total. The summed E-state index contributed by atoms with van der Waals surface area (Å²) in [6.07, 6.45) is 0. The van der Waals surface area contributed by atoms with E-state index in [1.165, 1.54) is 19.1 Å². The lowest BCUT2D eigenvalue weighted by atomic mass is 10.1. The van der Waals surface area contributed by atoms with Crippen LogP contribution in [0, 0.1) is 11.3 Å².